The van der Waals surface area contributed by atoms with Gasteiger partial charge < -0.3 is 4.74 Å². The van der Waals surface area contributed by atoms with Gasteiger partial charge in [-0.2, -0.15) is 0 Å². The lowest BCUT2D eigenvalue weighted by atomic mass is 10.2. The summed E-state index contributed by atoms with van der Waals surface area (Å²) in [5, 5.41) is 1.26. The number of thioether (sulfide) groups is 1. The molecule has 0 radical (unpaired) electrons. The van der Waals surface area contributed by atoms with Gasteiger partial charge in [0.05, 0.1) is 23.7 Å². The van der Waals surface area contributed by atoms with E-state index in [9.17, 15) is 4.79 Å². The van der Waals surface area contributed by atoms with E-state index in [0.29, 0.717) is 27.5 Å². The first-order valence-corrected chi connectivity index (χ1v) is 9.01. The first-order chi connectivity index (χ1) is 12.1. The molecule has 0 atom stereocenters. The number of methoxy groups -OCH3 is 1. The summed E-state index contributed by atoms with van der Waals surface area (Å²) in [6, 6.07) is 14.9. The molecule has 0 fully saturated rings. The Bertz CT molecular complexity index is 988. The van der Waals surface area contributed by atoms with Gasteiger partial charge in [-0.25, -0.2) is 4.98 Å². The Hall–Kier alpha value is -2.53. The van der Waals surface area contributed by atoms with Crippen LogP contribution in [0.1, 0.15) is 13.8 Å². The SMILES string of the molecule is COc1ccccc1-n1c(SCC=C(C)C)nc2ccccc2c1=O. The summed E-state index contributed by atoms with van der Waals surface area (Å²) in [5.74, 6) is 1.40. The van der Waals surface area contributed by atoms with Crippen molar-refractivity contribution in [3.05, 3.63) is 70.5 Å². The molecular formula is C20H20N2O2S. The number of hydrogen-bond acceptors (Lipinski definition) is 4. The van der Waals surface area contributed by atoms with Crippen LogP contribution < -0.4 is 10.3 Å². The molecule has 5 heteroatoms. The lowest BCUT2D eigenvalue weighted by Gasteiger charge is -2.15. The smallest absolute Gasteiger partial charge is 0.266 e. The van der Waals surface area contributed by atoms with E-state index in [2.05, 4.69) is 19.9 Å². The fraction of sp³-hybridized carbons (Fsp3) is 0.200. The van der Waals surface area contributed by atoms with Crippen molar-refractivity contribution in [3.8, 4) is 11.4 Å². The maximum atomic E-state index is 13.2. The van der Waals surface area contributed by atoms with Gasteiger partial charge in [0.1, 0.15) is 5.75 Å². The molecule has 1 aromatic heterocycles. The van der Waals surface area contributed by atoms with Gasteiger partial charge in [0.2, 0.25) is 0 Å². The summed E-state index contributed by atoms with van der Waals surface area (Å²) in [7, 11) is 1.61. The Morgan fingerprint density at radius 3 is 2.64 bits per heavy atom. The van der Waals surface area contributed by atoms with Crippen LogP contribution in [0, 0.1) is 0 Å². The van der Waals surface area contributed by atoms with E-state index in [1.807, 2.05) is 42.5 Å². The highest BCUT2D eigenvalue weighted by atomic mass is 32.2. The van der Waals surface area contributed by atoms with Gasteiger partial charge in [-0.05, 0) is 38.1 Å². The molecule has 2 aromatic carbocycles. The number of ether oxygens (including phenoxy) is 1. The van der Waals surface area contributed by atoms with Crippen LogP contribution in [0.2, 0.25) is 0 Å². The number of fused-ring (bicyclic) bond motifs is 1. The minimum Gasteiger partial charge on any atom is -0.495 e. The van der Waals surface area contributed by atoms with E-state index >= 15 is 0 Å². The summed E-state index contributed by atoms with van der Waals surface area (Å²) in [4.78, 5) is 17.9. The van der Waals surface area contributed by atoms with Crippen molar-refractivity contribution in [2.24, 2.45) is 0 Å². The molecule has 25 heavy (non-hydrogen) atoms. The van der Waals surface area contributed by atoms with Crippen molar-refractivity contribution in [2.75, 3.05) is 12.9 Å². The van der Waals surface area contributed by atoms with E-state index in [-0.39, 0.29) is 5.56 Å². The second-order valence-corrected chi connectivity index (χ2v) is 6.80. The number of nitrogens with zero attached hydrogens (tertiary/aromatic N) is 2. The summed E-state index contributed by atoms with van der Waals surface area (Å²) >= 11 is 1.54. The quantitative estimate of drug-likeness (QED) is 0.386. The maximum Gasteiger partial charge on any atom is 0.266 e. The summed E-state index contributed by atoms with van der Waals surface area (Å²) < 4.78 is 7.10. The molecule has 0 amide bonds. The van der Waals surface area contributed by atoms with Crippen molar-refractivity contribution in [1.82, 2.24) is 9.55 Å². The fourth-order valence-corrected chi connectivity index (χ4v) is 3.56. The molecule has 0 spiro atoms. The highest BCUT2D eigenvalue weighted by molar-refractivity contribution is 7.99. The normalized spacial score (nSPS) is 10.7. The van der Waals surface area contributed by atoms with E-state index in [4.69, 9.17) is 9.72 Å². The lowest BCUT2D eigenvalue weighted by Crippen LogP contribution is -2.22. The van der Waals surface area contributed by atoms with Crippen molar-refractivity contribution in [1.29, 1.82) is 0 Å². The lowest BCUT2D eigenvalue weighted by molar-refractivity contribution is 0.411. The predicted molar refractivity (Wildman–Crippen MR) is 104 cm³/mol. The number of rotatable bonds is 5. The number of hydrogen-bond donors (Lipinski definition) is 0. The third kappa shape index (κ3) is 3.61. The Kier molecular flexibility index (Phi) is 5.24. The Morgan fingerprint density at radius 2 is 1.88 bits per heavy atom. The Morgan fingerprint density at radius 1 is 1.16 bits per heavy atom. The van der Waals surface area contributed by atoms with E-state index in [0.717, 1.165) is 5.75 Å². The van der Waals surface area contributed by atoms with Crippen LogP contribution in [0.5, 0.6) is 5.75 Å². The molecule has 0 aliphatic carbocycles. The zero-order valence-electron chi connectivity index (χ0n) is 14.5. The van der Waals surface area contributed by atoms with Crippen LogP contribution >= 0.6 is 11.8 Å². The van der Waals surface area contributed by atoms with Crippen LogP contribution in [-0.2, 0) is 0 Å². The Balaban J connectivity index is 2.25. The molecule has 0 bridgehead atoms. The summed E-state index contributed by atoms with van der Waals surface area (Å²) in [6.07, 6.45) is 2.12. The molecule has 128 valence electrons. The van der Waals surface area contributed by atoms with Gasteiger partial charge in [-0.3, -0.25) is 9.36 Å². The van der Waals surface area contributed by atoms with E-state index in [1.165, 1.54) is 17.3 Å². The summed E-state index contributed by atoms with van der Waals surface area (Å²) in [6.45, 7) is 4.11. The third-order valence-corrected chi connectivity index (χ3v) is 4.64. The highest BCUT2D eigenvalue weighted by Crippen LogP contribution is 2.27. The molecule has 0 saturated heterocycles. The predicted octanol–water partition coefficient (Wildman–Crippen LogP) is 4.45. The molecular weight excluding hydrogens is 332 g/mol. The number of benzene rings is 2. The van der Waals surface area contributed by atoms with Crippen LogP contribution in [0.15, 0.2) is 70.1 Å². The van der Waals surface area contributed by atoms with Gasteiger partial charge in [0, 0.05) is 5.75 Å². The number of aromatic nitrogens is 2. The average molecular weight is 352 g/mol. The largest absolute Gasteiger partial charge is 0.495 e. The number of para-hydroxylation sites is 3. The second-order valence-electron chi connectivity index (χ2n) is 5.82. The molecule has 0 saturated carbocycles. The second kappa shape index (κ2) is 7.57. The molecule has 1 heterocycles. The average Bonchev–Trinajstić information content (AvgIpc) is 2.62. The molecule has 0 aliphatic rings. The van der Waals surface area contributed by atoms with Crippen LogP contribution in [0.25, 0.3) is 16.6 Å². The molecule has 0 unspecified atom stereocenters. The van der Waals surface area contributed by atoms with Gasteiger partial charge >= 0.3 is 0 Å². The number of allylic oxidation sites excluding steroid dienone is 1. The van der Waals surface area contributed by atoms with E-state index in [1.54, 1.807) is 17.7 Å². The first-order valence-electron chi connectivity index (χ1n) is 8.03. The van der Waals surface area contributed by atoms with Crippen LogP contribution in [-0.4, -0.2) is 22.4 Å². The Labute approximate surface area is 151 Å². The molecule has 0 aliphatic heterocycles. The molecule has 4 nitrogen and oxygen atoms in total. The van der Waals surface area contributed by atoms with Gasteiger partial charge in [-0.15, -0.1) is 0 Å². The standard InChI is InChI=1S/C20H20N2O2S/c1-14(2)12-13-25-20-21-16-9-5-4-8-15(16)19(23)22(20)17-10-6-7-11-18(17)24-3/h4-12H,13H2,1-3H3. The van der Waals surface area contributed by atoms with E-state index < -0.39 is 0 Å². The molecule has 3 rings (SSSR count). The highest BCUT2D eigenvalue weighted by Gasteiger charge is 2.15. The van der Waals surface area contributed by atoms with Crippen LogP contribution in [0.4, 0.5) is 0 Å². The minimum absolute atomic E-state index is 0.0881. The summed E-state index contributed by atoms with van der Waals surface area (Å²) in [5.41, 5.74) is 2.56. The zero-order valence-corrected chi connectivity index (χ0v) is 15.3. The van der Waals surface area contributed by atoms with Crippen molar-refractivity contribution >= 4 is 22.7 Å². The molecule has 0 N–H and O–H groups in total. The van der Waals surface area contributed by atoms with Crippen molar-refractivity contribution in [2.45, 2.75) is 19.0 Å². The maximum absolute atomic E-state index is 13.2. The van der Waals surface area contributed by atoms with Gasteiger partial charge in [0.25, 0.3) is 5.56 Å². The van der Waals surface area contributed by atoms with Crippen LogP contribution in [0.3, 0.4) is 0 Å². The molecule has 3 aromatic rings. The van der Waals surface area contributed by atoms with Crippen molar-refractivity contribution in [3.63, 3.8) is 0 Å². The topological polar surface area (TPSA) is 44.1 Å². The zero-order chi connectivity index (χ0) is 17.8. The first kappa shape index (κ1) is 17.3. The third-order valence-electron chi connectivity index (χ3n) is 3.78. The van der Waals surface area contributed by atoms with Gasteiger partial charge in [0.15, 0.2) is 5.16 Å². The minimum atomic E-state index is -0.0881. The van der Waals surface area contributed by atoms with Gasteiger partial charge in [-0.1, -0.05) is 47.7 Å². The van der Waals surface area contributed by atoms with Crippen molar-refractivity contribution < 1.29 is 4.74 Å². The monoisotopic (exact) mass is 352 g/mol. The fourth-order valence-electron chi connectivity index (χ4n) is 2.52.